The molecular weight excluding hydrogens is 400 g/mol. The standard InChI is InChI=1S/C27H20N2O3/c1-17-7-3-6-10-21(17)23-15-24-22(27(31)32-2)14-25(29(24)16-28-23)26(30)20-12-11-18-8-4-5-9-19(18)13-20/h3-16H,1-2H3. The molecule has 0 saturated carbocycles. The molecule has 2 heterocycles. The van der Waals surface area contributed by atoms with Crippen molar-refractivity contribution in [2.45, 2.75) is 6.92 Å². The Kier molecular flexibility index (Phi) is 4.79. The summed E-state index contributed by atoms with van der Waals surface area (Å²) in [5.41, 5.74) is 4.58. The number of carbonyl (C=O) groups excluding carboxylic acids is 2. The Balaban J connectivity index is 1.68. The van der Waals surface area contributed by atoms with Gasteiger partial charge in [-0.2, -0.15) is 0 Å². The Morgan fingerprint density at radius 2 is 1.62 bits per heavy atom. The maximum absolute atomic E-state index is 13.4. The fourth-order valence-corrected chi connectivity index (χ4v) is 4.03. The van der Waals surface area contributed by atoms with Gasteiger partial charge in [-0.1, -0.05) is 60.7 Å². The highest BCUT2D eigenvalue weighted by molar-refractivity contribution is 6.12. The normalized spacial score (nSPS) is 11.1. The molecule has 5 nitrogen and oxygen atoms in total. The highest BCUT2D eigenvalue weighted by Gasteiger charge is 2.22. The van der Waals surface area contributed by atoms with Gasteiger partial charge in [0.2, 0.25) is 5.78 Å². The minimum atomic E-state index is -0.498. The molecule has 0 unspecified atom stereocenters. The summed E-state index contributed by atoms with van der Waals surface area (Å²) < 4.78 is 6.64. The van der Waals surface area contributed by atoms with E-state index in [1.807, 2.05) is 73.7 Å². The van der Waals surface area contributed by atoms with Gasteiger partial charge in [0.1, 0.15) is 6.33 Å². The van der Waals surface area contributed by atoms with Crippen LogP contribution in [0.1, 0.15) is 32.0 Å². The summed E-state index contributed by atoms with van der Waals surface area (Å²) in [6, 6.07) is 24.8. The lowest BCUT2D eigenvalue weighted by atomic mass is 10.0. The number of ketones is 1. The van der Waals surface area contributed by atoms with Gasteiger partial charge in [-0.15, -0.1) is 0 Å². The van der Waals surface area contributed by atoms with E-state index in [1.54, 1.807) is 22.9 Å². The molecule has 0 amide bonds. The van der Waals surface area contributed by atoms with E-state index in [0.29, 0.717) is 22.3 Å². The molecule has 0 fully saturated rings. The maximum atomic E-state index is 13.4. The molecule has 0 N–H and O–H groups in total. The number of fused-ring (bicyclic) bond motifs is 2. The molecule has 0 aliphatic carbocycles. The minimum absolute atomic E-state index is 0.189. The van der Waals surface area contributed by atoms with Gasteiger partial charge in [0.05, 0.1) is 29.6 Å². The molecule has 2 aromatic heterocycles. The second kappa shape index (κ2) is 7.78. The number of esters is 1. The van der Waals surface area contributed by atoms with Crippen molar-refractivity contribution in [3.8, 4) is 11.3 Å². The number of hydrogen-bond acceptors (Lipinski definition) is 4. The Bertz CT molecular complexity index is 1510. The fourth-order valence-electron chi connectivity index (χ4n) is 4.03. The number of methoxy groups -OCH3 is 1. The number of nitrogens with zero attached hydrogens (tertiary/aromatic N) is 2. The number of aryl methyl sites for hydroxylation is 1. The molecule has 5 aromatic rings. The monoisotopic (exact) mass is 420 g/mol. The third-order valence-electron chi connectivity index (χ3n) is 5.73. The smallest absolute Gasteiger partial charge is 0.340 e. The van der Waals surface area contributed by atoms with E-state index in [2.05, 4.69) is 4.98 Å². The summed E-state index contributed by atoms with van der Waals surface area (Å²) in [5.74, 6) is -0.687. The first-order valence-electron chi connectivity index (χ1n) is 10.3. The van der Waals surface area contributed by atoms with Gasteiger partial charge in [-0.25, -0.2) is 9.78 Å². The fraction of sp³-hybridized carbons (Fsp3) is 0.0741. The van der Waals surface area contributed by atoms with Gasteiger partial charge < -0.3 is 4.74 Å². The lowest BCUT2D eigenvalue weighted by Gasteiger charge is -2.08. The molecule has 0 radical (unpaired) electrons. The molecule has 0 bridgehead atoms. The molecule has 0 aliphatic rings. The van der Waals surface area contributed by atoms with Crippen LogP contribution in [0.3, 0.4) is 0 Å². The first-order chi connectivity index (χ1) is 15.6. The SMILES string of the molecule is COC(=O)c1cc(C(=O)c2ccc3ccccc3c2)n2cnc(-c3ccccc3C)cc12. The van der Waals surface area contributed by atoms with Gasteiger partial charge in [0, 0.05) is 11.1 Å². The van der Waals surface area contributed by atoms with Gasteiger partial charge in [0.15, 0.2) is 0 Å². The molecule has 0 aliphatic heterocycles. The van der Waals surface area contributed by atoms with Crippen LogP contribution in [0.25, 0.3) is 27.5 Å². The second-order valence-corrected chi connectivity index (χ2v) is 7.67. The zero-order valence-corrected chi connectivity index (χ0v) is 17.7. The third kappa shape index (κ3) is 3.24. The summed E-state index contributed by atoms with van der Waals surface area (Å²) in [5, 5.41) is 2.04. The predicted molar refractivity (Wildman–Crippen MR) is 124 cm³/mol. The summed E-state index contributed by atoms with van der Waals surface area (Å²) in [4.78, 5) is 30.5. The highest BCUT2D eigenvalue weighted by atomic mass is 16.5. The molecule has 0 atom stereocenters. The van der Waals surface area contributed by atoms with Crippen molar-refractivity contribution in [1.82, 2.24) is 9.38 Å². The third-order valence-corrected chi connectivity index (χ3v) is 5.73. The van der Waals surface area contributed by atoms with Crippen LogP contribution >= 0.6 is 0 Å². The molecule has 3 aromatic carbocycles. The van der Waals surface area contributed by atoms with E-state index in [-0.39, 0.29) is 5.78 Å². The molecule has 32 heavy (non-hydrogen) atoms. The van der Waals surface area contributed by atoms with Crippen LogP contribution < -0.4 is 0 Å². The van der Waals surface area contributed by atoms with Crippen LogP contribution in [-0.2, 0) is 4.74 Å². The van der Waals surface area contributed by atoms with Gasteiger partial charge in [-0.3, -0.25) is 9.20 Å². The topological polar surface area (TPSA) is 60.7 Å². The number of benzene rings is 3. The van der Waals surface area contributed by atoms with Crippen LogP contribution in [0.4, 0.5) is 0 Å². The lowest BCUT2D eigenvalue weighted by Crippen LogP contribution is -2.06. The van der Waals surface area contributed by atoms with Crippen LogP contribution in [0, 0.1) is 6.92 Å². The van der Waals surface area contributed by atoms with Crippen molar-refractivity contribution < 1.29 is 14.3 Å². The van der Waals surface area contributed by atoms with Crippen molar-refractivity contribution in [2.75, 3.05) is 7.11 Å². The van der Waals surface area contributed by atoms with Crippen molar-refractivity contribution in [2.24, 2.45) is 0 Å². The van der Waals surface area contributed by atoms with Crippen molar-refractivity contribution in [3.63, 3.8) is 0 Å². The van der Waals surface area contributed by atoms with E-state index < -0.39 is 5.97 Å². The average Bonchev–Trinajstić information content (AvgIpc) is 3.22. The number of aromatic nitrogens is 2. The summed E-state index contributed by atoms with van der Waals surface area (Å²) in [6.07, 6.45) is 1.60. The Morgan fingerprint density at radius 3 is 2.41 bits per heavy atom. The van der Waals surface area contributed by atoms with Crippen molar-refractivity contribution in [1.29, 1.82) is 0 Å². The Labute approximate surface area is 184 Å². The Hall–Kier alpha value is -4.25. The number of ether oxygens (including phenoxy) is 1. The molecule has 0 spiro atoms. The minimum Gasteiger partial charge on any atom is -0.465 e. The average molecular weight is 420 g/mol. The largest absolute Gasteiger partial charge is 0.465 e. The number of hydrogen-bond donors (Lipinski definition) is 0. The zero-order chi connectivity index (χ0) is 22.2. The van der Waals surface area contributed by atoms with Crippen LogP contribution in [-0.4, -0.2) is 28.2 Å². The van der Waals surface area contributed by atoms with Gasteiger partial charge >= 0.3 is 5.97 Å². The van der Waals surface area contributed by atoms with Crippen LogP contribution in [0.5, 0.6) is 0 Å². The second-order valence-electron chi connectivity index (χ2n) is 7.67. The molecular formula is C27H20N2O3. The Morgan fingerprint density at radius 1 is 0.875 bits per heavy atom. The van der Waals surface area contributed by atoms with Crippen LogP contribution in [0.2, 0.25) is 0 Å². The molecule has 0 saturated heterocycles. The summed E-state index contributed by atoms with van der Waals surface area (Å²) in [7, 11) is 1.33. The zero-order valence-electron chi connectivity index (χ0n) is 17.7. The lowest BCUT2D eigenvalue weighted by molar-refractivity contribution is 0.0603. The van der Waals surface area contributed by atoms with Gasteiger partial charge in [0.25, 0.3) is 0 Å². The number of rotatable bonds is 4. The van der Waals surface area contributed by atoms with E-state index in [4.69, 9.17) is 4.74 Å². The molecule has 5 rings (SSSR count). The van der Waals surface area contributed by atoms with Crippen molar-refractivity contribution in [3.05, 3.63) is 108 Å². The molecule has 156 valence electrons. The van der Waals surface area contributed by atoms with E-state index in [1.165, 1.54) is 7.11 Å². The number of carbonyl (C=O) groups is 2. The van der Waals surface area contributed by atoms with E-state index >= 15 is 0 Å². The molecule has 5 heteroatoms. The first-order valence-corrected chi connectivity index (χ1v) is 10.3. The van der Waals surface area contributed by atoms with Crippen LogP contribution in [0.15, 0.2) is 85.2 Å². The van der Waals surface area contributed by atoms with Crippen molar-refractivity contribution >= 4 is 28.0 Å². The maximum Gasteiger partial charge on any atom is 0.340 e. The highest BCUT2D eigenvalue weighted by Crippen LogP contribution is 2.27. The van der Waals surface area contributed by atoms with E-state index in [9.17, 15) is 9.59 Å². The van der Waals surface area contributed by atoms with E-state index in [0.717, 1.165) is 27.6 Å². The summed E-state index contributed by atoms with van der Waals surface area (Å²) in [6.45, 7) is 2.01. The quantitative estimate of drug-likeness (QED) is 0.285. The predicted octanol–water partition coefficient (Wildman–Crippen LogP) is 5.48. The first kappa shape index (κ1) is 19.7. The van der Waals surface area contributed by atoms with Gasteiger partial charge in [-0.05, 0) is 41.5 Å². The summed E-state index contributed by atoms with van der Waals surface area (Å²) >= 11 is 0.